The van der Waals surface area contributed by atoms with Crippen LogP contribution in [0.5, 0.6) is 0 Å². The number of carboxylic acids is 1. The fourth-order valence-electron chi connectivity index (χ4n) is 3.35. The summed E-state index contributed by atoms with van der Waals surface area (Å²) in [4.78, 5) is 26.4. The van der Waals surface area contributed by atoms with Crippen molar-refractivity contribution in [1.29, 1.82) is 0 Å². The number of nitrogens with one attached hydrogen (secondary N) is 1. The van der Waals surface area contributed by atoms with Crippen molar-refractivity contribution in [3.8, 4) is 0 Å². The Morgan fingerprint density at radius 2 is 1.84 bits per heavy atom. The maximum atomic E-state index is 12.6. The minimum Gasteiger partial charge on any atom is -0.479 e. The Morgan fingerprint density at radius 3 is 2.40 bits per heavy atom. The molecule has 5 heteroatoms. The van der Waals surface area contributed by atoms with Crippen LogP contribution in [0.1, 0.15) is 33.8 Å². The standard InChI is InChI=1S/C20H22N2O3/c1-13-11-15(9-10-17(13)22(2)3)18(23)21-20(19(24)25)12-16(20)14-7-5-4-6-8-14/h4-11,16H,12H2,1-3H3,(H,21,23)(H,24,25). The van der Waals surface area contributed by atoms with E-state index in [2.05, 4.69) is 5.32 Å². The number of carbonyl (C=O) groups is 2. The van der Waals surface area contributed by atoms with Gasteiger partial charge in [-0.25, -0.2) is 4.79 Å². The van der Waals surface area contributed by atoms with Gasteiger partial charge in [-0.1, -0.05) is 30.3 Å². The number of anilines is 1. The van der Waals surface area contributed by atoms with E-state index < -0.39 is 11.5 Å². The molecule has 0 radical (unpaired) electrons. The van der Waals surface area contributed by atoms with Gasteiger partial charge in [-0.15, -0.1) is 0 Å². The molecular formula is C20H22N2O3. The van der Waals surface area contributed by atoms with Crippen molar-refractivity contribution in [3.05, 3.63) is 65.2 Å². The lowest BCUT2D eigenvalue weighted by Gasteiger charge is -2.18. The van der Waals surface area contributed by atoms with Crippen LogP contribution in [-0.4, -0.2) is 36.6 Å². The number of hydrogen-bond donors (Lipinski definition) is 2. The molecular weight excluding hydrogens is 316 g/mol. The predicted molar refractivity (Wildman–Crippen MR) is 97.1 cm³/mol. The minimum atomic E-state index is -1.22. The summed E-state index contributed by atoms with van der Waals surface area (Å²) in [6, 6.07) is 14.8. The van der Waals surface area contributed by atoms with Crippen LogP contribution in [-0.2, 0) is 4.79 Å². The number of rotatable bonds is 5. The van der Waals surface area contributed by atoms with Crippen LogP contribution < -0.4 is 10.2 Å². The van der Waals surface area contributed by atoms with Crippen molar-refractivity contribution < 1.29 is 14.7 Å². The smallest absolute Gasteiger partial charge is 0.330 e. The summed E-state index contributed by atoms with van der Waals surface area (Å²) in [5.74, 6) is -1.54. The van der Waals surface area contributed by atoms with Crippen molar-refractivity contribution in [3.63, 3.8) is 0 Å². The lowest BCUT2D eigenvalue weighted by atomic mass is 10.0. The Kier molecular flexibility index (Phi) is 4.25. The van der Waals surface area contributed by atoms with Crippen molar-refractivity contribution in [1.82, 2.24) is 5.32 Å². The third kappa shape index (κ3) is 3.09. The molecule has 0 spiro atoms. The van der Waals surface area contributed by atoms with Gasteiger partial charge in [0.15, 0.2) is 0 Å². The highest BCUT2D eigenvalue weighted by molar-refractivity contribution is 6.00. The lowest BCUT2D eigenvalue weighted by molar-refractivity contribution is -0.140. The Bertz CT molecular complexity index is 817. The largest absolute Gasteiger partial charge is 0.479 e. The van der Waals surface area contributed by atoms with Crippen LogP contribution in [0.25, 0.3) is 0 Å². The van der Waals surface area contributed by atoms with Crippen LogP contribution in [0, 0.1) is 6.92 Å². The molecule has 2 N–H and O–H groups in total. The van der Waals surface area contributed by atoms with Gasteiger partial charge in [0.25, 0.3) is 5.91 Å². The van der Waals surface area contributed by atoms with Crippen LogP contribution in [0.15, 0.2) is 48.5 Å². The summed E-state index contributed by atoms with van der Waals surface area (Å²) in [6.45, 7) is 1.93. The molecule has 2 unspecified atom stereocenters. The molecule has 1 saturated carbocycles. The molecule has 5 nitrogen and oxygen atoms in total. The Hall–Kier alpha value is -2.82. The number of amides is 1. The van der Waals surface area contributed by atoms with Crippen molar-refractivity contribution >= 4 is 17.6 Å². The van der Waals surface area contributed by atoms with Crippen LogP contribution in [0.3, 0.4) is 0 Å². The Balaban J connectivity index is 1.82. The summed E-state index contributed by atoms with van der Waals surface area (Å²) in [5.41, 5.74) is 2.19. The highest BCUT2D eigenvalue weighted by atomic mass is 16.4. The fourth-order valence-corrected chi connectivity index (χ4v) is 3.35. The molecule has 1 aliphatic rings. The first kappa shape index (κ1) is 17.0. The van der Waals surface area contributed by atoms with E-state index in [1.165, 1.54) is 0 Å². The first-order valence-electron chi connectivity index (χ1n) is 8.24. The second kappa shape index (κ2) is 6.24. The van der Waals surface area contributed by atoms with Gasteiger partial charge < -0.3 is 15.3 Å². The van der Waals surface area contributed by atoms with E-state index in [9.17, 15) is 14.7 Å². The number of carboxylic acid groups (broad SMARTS) is 1. The van der Waals surface area contributed by atoms with E-state index in [1.54, 1.807) is 12.1 Å². The van der Waals surface area contributed by atoms with Crippen molar-refractivity contribution in [2.45, 2.75) is 24.8 Å². The number of aryl methyl sites for hydroxylation is 1. The highest BCUT2D eigenvalue weighted by Gasteiger charge is 2.62. The molecule has 0 saturated heterocycles. The monoisotopic (exact) mass is 338 g/mol. The van der Waals surface area contributed by atoms with E-state index in [4.69, 9.17) is 0 Å². The summed E-state index contributed by atoms with van der Waals surface area (Å²) in [7, 11) is 3.88. The van der Waals surface area contributed by atoms with E-state index in [0.717, 1.165) is 16.8 Å². The predicted octanol–water partition coefficient (Wildman–Crippen LogP) is 2.80. The SMILES string of the molecule is Cc1cc(C(=O)NC2(C(=O)O)CC2c2ccccc2)ccc1N(C)C. The van der Waals surface area contributed by atoms with E-state index in [-0.39, 0.29) is 11.8 Å². The molecule has 3 rings (SSSR count). The molecule has 0 aromatic heterocycles. The molecule has 0 aliphatic heterocycles. The maximum absolute atomic E-state index is 12.6. The first-order valence-corrected chi connectivity index (χ1v) is 8.24. The minimum absolute atomic E-state index is 0.197. The third-order valence-corrected chi connectivity index (χ3v) is 4.82. The normalized spacial score (nSPS) is 21.5. The number of nitrogens with zero attached hydrogens (tertiary/aromatic N) is 1. The average molecular weight is 338 g/mol. The van der Waals surface area contributed by atoms with Crippen molar-refractivity contribution in [2.75, 3.05) is 19.0 Å². The summed E-state index contributed by atoms with van der Waals surface area (Å²) in [5, 5.41) is 12.4. The highest BCUT2D eigenvalue weighted by Crippen LogP contribution is 2.51. The zero-order valence-corrected chi connectivity index (χ0v) is 14.6. The van der Waals surface area contributed by atoms with Gasteiger partial charge in [0.05, 0.1) is 0 Å². The van der Waals surface area contributed by atoms with Gasteiger partial charge in [0.1, 0.15) is 5.54 Å². The second-order valence-corrected chi connectivity index (χ2v) is 6.79. The molecule has 0 heterocycles. The first-order chi connectivity index (χ1) is 11.8. The molecule has 1 amide bonds. The maximum Gasteiger partial charge on any atom is 0.330 e. The lowest BCUT2D eigenvalue weighted by Crippen LogP contribution is -2.44. The summed E-state index contributed by atoms with van der Waals surface area (Å²) < 4.78 is 0. The number of carbonyl (C=O) groups excluding carboxylic acids is 1. The van der Waals surface area contributed by atoms with Gasteiger partial charge in [-0.2, -0.15) is 0 Å². The Labute approximate surface area is 147 Å². The second-order valence-electron chi connectivity index (χ2n) is 6.79. The molecule has 0 bridgehead atoms. The van der Waals surface area contributed by atoms with Gasteiger partial charge in [0, 0.05) is 31.3 Å². The molecule has 1 fully saturated rings. The van der Waals surface area contributed by atoms with E-state index >= 15 is 0 Å². The van der Waals surface area contributed by atoms with E-state index in [1.807, 2.05) is 62.3 Å². The quantitative estimate of drug-likeness (QED) is 0.879. The van der Waals surface area contributed by atoms with Gasteiger partial charge in [-0.05, 0) is 42.7 Å². The van der Waals surface area contributed by atoms with Gasteiger partial charge in [-0.3, -0.25) is 4.79 Å². The average Bonchev–Trinajstić information content (AvgIpc) is 3.31. The number of benzene rings is 2. The molecule has 2 aromatic rings. The van der Waals surface area contributed by atoms with Gasteiger partial charge >= 0.3 is 5.97 Å². The molecule has 2 aromatic carbocycles. The molecule has 1 aliphatic carbocycles. The third-order valence-electron chi connectivity index (χ3n) is 4.82. The van der Waals surface area contributed by atoms with Crippen LogP contribution >= 0.6 is 0 Å². The number of aliphatic carboxylic acids is 1. The van der Waals surface area contributed by atoms with Crippen molar-refractivity contribution in [2.24, 2.45) is 0 Å². The molecule has 130 valence electrons. The fraction of sp³-hybridized carbons (Fsp3) is 0.300. The molecule has 25 heavy (non-hydrogen) atoms. The van der Waals surface area contributed by atoms with E-state index in [0.29, 0.717) is 12.0 Å². The van der Waals surface area contributed by atoms with Gasteiger partial charge in [0.2, 0.25) is 0 Å². The zero-order valence-electron chi connectivity index (χ0n) is 14.6. The molecule has 2 atom stereocenters. The topological polar surface area (TPSA) is 69.6 Å². The summed E-state index contributed by atoms with van der Waals surface area (Å²) in [6.07, 6.45) is 0.410. The summed E-state index contributed by atoms with van der Waals surface area (Å²) >= 11 is 0. The van der Waals surface area contributed by atoms with Crippen LogP contribution in [0.2, 0.25) is 0 Å². The Morgan fingerprint density at radius 1 is 1.16 bits per heavy atom. The zero-order chi connectivity index (χ0) is 18.2. The van der Waals surface area contributed by atoms with Crippen LogP contribution in [0.4, 0.5) is 5.69 Å². The number of hydrogen-bond acceptors (Lipinski definition) is 3.